The molecule has 0 unspecified atom stereocenters. The van der Waals surface area contributed by atoms with Crippen LogP contribution in [0.2, 0.25) is 0 Å². The summed E-state index contributed by atoms with van der Waals surface area (Å²) >= 11 is 1.05. The Balaban J connectivity index is 2.42. The van der Waals surface area contributed by atoms with Gasteiger partial charge in [0.2, 0.25) is 20.4 Å². The van der Waals surface area contributed by atoms with E-state index in [1.54, 1.807) is 18.2 Å². The molecule has 0 fully saturated rings. The molecular weight excluding hydrogens is 352 g/mol. The van der Waals surface area contributed by atoms with Crippen molar-refractivity contribution in [1.29, 1.82) is 0 Å². The number of ether oxygens (including phenoxy) is 1. The highest BCUT2D eigenvalue weighted by Crippen LogP contribution is 2.30. The molecule has 1 heterocycles. The molecule has 0 N–H and O–H groups in total. The Bertz CT molecular complexity index is 942. The number of fused-ring (bicyclic) bond motifs is 1. The maximum absolute atomic E-state index is 12.5. The number of nitro groups is 1. The number of thiazole rings is 1. The van der Waals surface area contributed by atoms with Crippen molar-refractivity contribution >= 4 is 31.4 Å². The third kappa shape index (κ3) is 4.18. The molecule has 1 aromatic heterocycles. The fourth-order valence-corrected chi connectivity index (χ4v) is 4.43. The third-order valence-electron chi connectivity index (χ3n) is 3.15. The van der Waals surface area contributed by atoms with E-state index in [4.69, 9.17) is 4.74 Å². The number of hydrogen-bond donors (Lipinski definition) is 0. The molecule has 0 saturated carbocycles. The Kier molecular flexibility index (Phi) is 5.35. The van der Waals surface area contributed by atoms with Gasteiger partial charge in [0.15, 0.2) is 0 Å². The zero-order chi connectivity index (χ0) is 17.9. The van der Waals surface area contributed by atoms with E-state index < -0.39 is 14.8 Å². The lowest BCUT2D eigenvalue weighted by atomic mass is 10.2. The lowest BCUT2D eigenvalue weighted by molar-refractivity contribution is -0.403. The van der Waals surface area contributed by atoms with Crippen LogP contribution in [-0.2, 0) is 9.84 Å². The van der Waals surface area contributed by atoms with Gasteiger partial charge in [-0.2, -0.15) is 0 Å². The summed E-state index contributed by atoms with van der Waals surface area (Å²) in [6.45, 7) is 5.35. The minimum absolute atomic E-state index is 0.0561. The third-order valence-corrected chi connectivity index (χ3v) is 6.17. The summed E-state index contributed by atoms with van der Waals surface area (Å²) in [6, 6.07) is 5.19. The molecule has 0 atom stereocenters. The Morgan fingerprint density at radius 2 is 2.08 bits per heavy atom. The van der Waals surface area contributed by atoms with Gasteiger partial charge in [0, 0.05) is 17.0 Å². The minimum Gasteiger partial charge on any atom is -0.494 e. The Labute approximate surface area is 143 Å². The van der Waals surface area contributed by atoms with E-state index in [1.165, 1.54) is 13.8 Å². The number of benzene rings is 1. The summed E-state index contributed by atoms with van der Waals surface area (Å²) in [4.78, 5) is 14.0. The van der Waals surface area contributed by atoms with Crippen molar-refractivity contribution in [2.45, 2.75) is 25.1 Å². The van der Waals surface area contributed by atoms with Crippen LogP contribution in [0.15, 0.2) is 45.3 Å². The molecular formula is C15H16N2O5S2. The van der Waals surface area contributed by atoms with Gasteiger partial charge >= 0.3 is 0 Å². The van der Waals surface area contributed by atoms with Crippen molar-refractivity contribution in [2.24, 2.45) is 0 Å². The van der Waals surface area contributed by atoms with Crippen molar-refractivity contribution < 1.29 is 18.1 Å². The van der Waals surface area contributed by atoms with E-state index in [1.807, 2.05) is 6.92 Å². The highest BCUT2D eigenvalue weighted by atomic mass is 32.2. The van der Waals surface area contributed by atoms with Crippen molar-refractivity contribution in [3.63, 3.8) is 0 Å². The summed E-state index contributed by atoms with van der Waals surface area (Å²) in [5, 5.41) is 11.5. The topological polar surface area (TPSA) is 99.4 Å². The van der Waals surface area contributed by atoms with Crippen LogP contribution in [0.5, 0.6) is 5.75 Å². The zero-order valence-electron chi connectivity index (χ0n) is 13.3. The van der Waals surface area contributed by atoms with Crippen molar-refractivity contribution in [3.05, 3.63) is 51.1 Å². The molecule has 0 amide bonds. The van der Waals surface area contributed by atoms with E-state index in [0.717, 1.165) is 27.6 Å². The highest BCUT2D eigenvalue weighted by Gasteiger charge is 2.18. The highest BCUT2D eigenvalue weighted by molar-refractivity contribution is 7.96. The molecule has 2 rings (SSSR count). The molecule has 0 aliphatic rings. The standard InChI is InChI=1S/C15H16N2O5S2/c1-4-22-12-5-6-14-13(7-12)16-15(23-14)24(20,21)9-11(3)10(2)8-17(18)19/h5-9H,4H2,1-3H3. The first-order valence-corrected chi connectivity index (χ1v) is 9.38. The first-order valence-electron chi connectivity index (χ1n) is 7.02. The van der Waals surface area contributed by atoms with E-state index in [0.29, 0.717) is 23.4 Å². The number of rotatable bonds is 6. The van der Waals surface area contributed by atoms with E-state index in [9.17, 15) is 18.5 Å². The van der Waals surface area contributed by atoms with E-state index in [2.05, 4.69) is 4.98 Å². The fraction of sp³-hybridized carbons (Fsp3) is 0.267. The maximum atomic E-state index is 12.5. The summed E-state index contributed by atoms with van der Waals surface area (Å²) in [5.41, 5.74) is 1.09. The van der Waals surface area contributed by atoms with Gasteiger partial charge in [0.25, 0.3) is 0 Å². The summed E-state index contributed by atoms with van der Waals surface area (Å²) in [6.07, 6.45) is 0.772. The Morgan fingerprint density at radius 1 is 1.38 bits per heavy atom. The molecule has 24 heavy (non-hydrogen) atoms. The van der Waals surface area contributed by atoms with Crippen LogP contribution < -0.4 is 4.74 Å². The van der Waals surface area contributed by atoms with Crippen LogP contribution in [0.4, 0.5) is 0 Å². The summed E-state index contributed by atoms with van der Waals surface area (Å²) in [7, 11) is -3.79. The number of allylic oxidation sites excluding steroid dienone is 2. The van der Waals surface area contributed by atoms with Crippen LogP contribution >= 0.6 is 11.3 Å². The average molecular weight is 368 g/mol. The molecule has 2 aromatic rings. The summed E-state index contributed by atoms with van der Waals surface area (Å²) < 4.78 is 31.0. The second kappa shape index (κ2) is 7.10. The Morgan fingerprint density at radius 3 is 2.71 bits per heavy atom. The van der Waals surface area contributed by atoms with Gasteiger partial charge in [-0.25, -0.2) is 13.4 Å². The molecule has 7 nitrogen and oxygen atoms in total. The van der Waals surface area contributed by atoms with Gasteiger partial charge in [-0.1, -0.05) is 0 Å². The molecule has 0 radical (unpaired) electrons. The van der Waals surface area contributed by atoms with Crippen LogP contribution in [0.25, 0.3) is 10.2 Å². The molecule has 0 aliphatic carbocycles. The second-order valence-electron chi connectivity index (χ2n) is 4.99. The molecule has 1 aromatic carbocycles. The number of nitrogens with zero attached hydrogens (tertiary/aromatic N) is 2. The smallest absolute Gasteiger partial charge is 0.237 e. The molecule has 0 saturated heterocycles. The predicted octanol–water partition coefficient (Wildman–Crippen LogP) is 3.55. The molecule has 128 valence electrons. The van der Waals surface area contributed by atoms with Gasteiger partial charge < -0.3 is 4.74 Å². The van der Waals surface area contributed by atoms with E-state index in [-0.39, 0.29) is 9.91 Å². The van der Waals surface area contributed by atoms with Crippen LogP contribution in [0.3, 0.4) is 0 Å². The maximum Gasteiger partial charge on any atom is 0.237 e. The Hall–Kier alpha value is -2.26. The lowest BCUT2D eigenvalue weighted by Gasteiger charge is -2.00. The second-order valence-corrected chi connectivity index (χ2v) is 7.99. The normalized spacial score (nSPS) is 13.3. The first-order chi connectivity index (χ1) is 11.2. The predicted molar refractivity (Wildman–Crippen MR) is 92.5 cm³/mol. The first kappa shape index (κ1) is 18.1. The molecule has 0 bridgehead atoms. The lowest BCUT2D eigenvalue weighted by Crippen LogP contribution is -1.98. The van der Waals surface area contributed by atoms with Gasteiger partial charge in [0.1, 0.15) is 5.75 Å². The van der Waals surface area contributed by atoms with Crippen molar-refractivity contribution in [3.8, 4) is 5.75 Å². The fourth-order valence-electron chi connectivity index (χ4n) is 1.90. The molecule has 9 heteroatoms. The van der Waals surface area contributed by atoms with Gasteiger partial charge in [-0.05, 0) is 38.5 Å². The van der Waals surface area contributed by atoms with E-state index >= 15 is 0 Å². The average Bonchev–Trinajstić information content (AvgIpc) is 2.90. The molecule has 0 aliphatic heterocycles. The van der Waals surface area contributed by atoms with Gasteiger partial charge in [0.05, 0.1) is 21.7 Å². The SMILES string of the molecule is CCOc1ccc2sc(S(=O)(=O)C=C(C)C(C)=C[N+](=O)[O-])nc2c1. The van der Waals surface area contributed by atoms with Crippen LogP contribution in [-0.4, -0.2) is 24.9 Å². The monoisotopic (exact) mass is 368 g/mol. The van der Waals surface area contributed by atoms with Crippen LogP contribution in [0, 0.1) is 10.1 Å². The number of aromatic nitrogens is 1. The van der Waals surface area contributed by atoms with Crippen LogP contribution in [0.1, 0.15) is 20.8 Å². The minimum atomic E-state index is -3.79. The van der Waals surface area contributed by atoms with Crippen molar-refractivity contribution in [1.82, 2.24) is 4.98 Å². The van der Waals surface area contributed by atoms with Gasteiger partial charge in [-0.15, -0.1) is 11.3 Å². The molecule has 0 spiro atoms. The quantitative estimate of drug-likeness (QED) is 0.439. The zero-order valence-corrected chi connectivity index (χ0v) is 15.0. The van der Waals surface area contributed by atoms with Crippen molar-refractivity contribution in [2.75, 3.05) is 6.61 Å². The number of sulfone groups is 1. The summed E-state index contributed by atoms with van der Waals surface area (Å²) in [5.74, 6) is 0.621. The largest absolute Gasteiger partial charge is 0.494 e. The van der Waals surface area contributed by atoms with Gasteiger partial charge in [-0.3, -0.25) is 10.1 Å². The number of hydrogen-bond acceptors (Lipinski definition) is 7.